The molecule has 1 aromatic heterocycles. The van der Waals surface area contributed by atoms with Crippen molar-refractivity contribution in [1.82, 2.24) is 20.2 Å². The summed E-state index contributed by atoms with van der Waals surface area (Å²) in [7, 11) is 0. The van der Waals surface area contributed by atoms with Gasteiger partial charge in [-0.15, -0.1) is 5.10 Å². The van der Waals surface area contributed by atoms with Crippen LogP contribution in [-0.4, -0.2) is 31.3 Å². The molecule has 3 rings (SSSR count). The zero-order valence-electron chi connectivity index (χ0n) is 11.5. The number of carboxylic acid groups (broad SMARTS) is 1. The van der Waals surface area contributed by atoms with Gasteiger partial charge in [0.15, 0.2) is 5.82 Å². The number of halogens is 1. The van der Waals surface area contributed by atoms with E-state index in [1.807, 2.05) is 25.1 Å². The number of hydrogen-bond donors (Lipinski definition) is 1. The van der Waals surface area contributed by atoms with Gasteiger partial charge in [0.1, 0.15) is 0 Å². The van der Waals surface area contributed by atoms with Gasteiger partial charge < -0.3 is 5.11 Å². The average molecular weight is 307 g/mol. The second kappa shape index (κ2) is 5.44. The van der Waals surface area contributed by atoms with Crippen LogP contribution in [-0.2, 0) is 4.79 Å². The highest BCUT2D eigenvalue weighted by Gasteiger charge is 2.36. The third-order valence-corrected chi connectivity index (χ3v) is 4.29. The SMILES string of the molecule is Cc1cccc(-c2nnnn2C(CC(=O)O)C2CC2)c1Cl. The van der Waals surface area contributed by atoms with Crippen LogP contribution in [0.1, 0.15) is 30.9 Å². The maximum absolute atomic E-state index is 11.1. The Morgan fingerprint density at radius 2 is 2.29 bits per heavy atom. The van der Waals surface area contributed by atoms with Crippen molar-refractivity contribution in [1.29, 1.82) is 0 Å². The Bertz CT molecular complexity index is 681. The van der Waals surface area contributed by atoms with Crippen molar-refractivity contribution < 1.29 is 9.90 Å². The fourth-order valence-corrected chi connectivity index (χ4v) is 2.74. The number of carboxylic acids is 1. The van der Waals surface area contributed by atoms with E-state index in [2.05, 4.69) is 15.5 Å². The minimum Gasteiger partial charge on any atom is -0.481 e. The minimum absolute atomic E-state index is 0.0200. The summed E-state index contributed by atoms with van der Waals surface area (Å²) >= 11 is 6.34. The molecule has 0 saturated heterocycles. The summed E-state index contributed by atoms with van der Waals surface area (Å²) in [5, 5.41) is 21.5. The van der Waals surface area contributed by atoms with Crippen LogP contribution in [0.5, 0.6) is 0 Å². The van der Waals surface area contributed by atoms with Gasteiger partial charge in [0.25, 0.3) is 0 Å². The molecule has 0 aliphatic heterocycles. The average Bonchev–Trinajstić information content (AvgIpc) is 3.17. The normalized spacial score (nSPS) is 15.9. The Morgan fingerprint density at radius 1 is 1.52 bits per heavy atom. The van der Waals surface area contributed by atoms with E-state index < -0.39 is 5.97 Å². The molecule has 0 bridgehead atoms. The molecular formula is C14H15ClN4O2. The summed E-state index contributed by atoms with van der Waals surface area (Å²) in [5.41, 5.74) is 1.67. The first-order valence-corrected chi connectivity index (χ1v) is 7.21. The zero-order chi connectivity index (χ0) is 15.0. The molecule has 1 N–H and O–H groups in total. The highest BCUT2D eigenvalue weighted by Crippen LogP contribution is 2.43. The molecule has 2 aromatic rings. The predicted octanol–water partition coefficient (Wildman–Crippen LogP) is 2.73. The molecule has 1 fully saturated rings. The van der Waals surface area contributed by atoms with E-state index in [0.717, 1.165) is 24.0 Å². The number of aromatic nitrogens is 4. The number of carbonyl (C=O) groups is 1. The number of nitrogens with zero attached hydrogens (tertiary/aromatic N) is 4. The zero-order valence-corrected chi connectivity index (χ0v) is 12.3. The number of tetrazole rings is 1. The molecule has 21 heavy (non-hydrogen) atoms. The molecule has 1 heterocycles. The molecule has 1 unspecified atom stereocenters. The molecule has 7 heteroatoms. The Morgan fingerprint density at radius 3 is 2.95 bits per heavy atom. The molecule has 0 radical (unpaired) electrons. The van der Waals surface area contributed by atoms with E-state index in [4.69, 9.17) is 16.7 Å². The van der Waals surface area contributed by atoms with Gasteiger partial charge in [0, 0.05) is 5.56 Å². The van der Waals surface area contributed by atoms with Gasteiger partial charge >= 0.3 is 5.97 Å². The number of rotatable bonds is 5. The third-order valence-electron chi connectivity index (χ3n) is 3.79. The summed E-state index contributed by atoms with van der Waals surface area (Å²) in [6.07, 6.45) is 2.05. The van der Waals surface area contributed by atoms with Gasteiger partial charge in [-0.1, -0.05) is 23.7 Å². The molecule has 1 aliphatic carbocycles. The van der Waals surface area contributed by atoms with Gasteiger partial charge in [-0.25, -0.2) is 4.68 Å². The largest absolute Gasteiger partial charge is 0.481 e. The van der Waals surface area contributed by atoms with Crippen LogP contribution in [0.3, 0.4) is 0 Å². The van der Waals surface area contributed by atoms with Crippen molar-refractivity contribution >= 4 is 17.6 Å². The lowest BCUT2D eigenvalue weighted by Crippen LogP contribution is -2.18. The highest BCUT2D eigenvalue weighted by molar-refractivity contribution is 6.33. The Kier molecular flexibility index (Phi) is 3.63. The number of aryl methyl sites for hydroxylation is 1. The summed E-state index contributed by atoms with van der Waals surface area (Å²) in [4.78, 5) is 11.1. The van der Waals surface area contributed by atoms with Crippen molar-refractivity contribution in [2.45, 2.75) is 32.2 Å². The smallest absolute Gasteiger partial charge is 0.305 e. The molecule has 0 spiro atoms. The Labute approximate surface area is 126 Å². The van der Waals surface area contributed by atoms with E-state index in [1.54, 1.807) is 4.68 Å². The van der Waals surface area contributed by atoms with E-state index >= 15 is 0 Å². The summed E-state index contributed by atoms with van der Waals surface area (Å²) in [6.45, 7) is 1.91. The predicted molar refractivity (Wildman–Crippen MR) is 77.0 cm³/mol. The molecule has 0 amide bonds. The first-order chi connectivity index (χ1) is 10.1. The highest BCUT2D eigenvalue weighted by atomic mass is 35.5. The lowest BCUT2D eigenvalue weighted by molar-refractivity contribution is -0.138. The molecular weight excluding hydrogens is 292 g/mol. The van der Waals surface area contributed by atoms with Crippen LogP contribution in [0.2, 0.25) is 5.02 Å². The first-order valence-electron chi connectivity index (χ1n) is 6.83. The van der Waals surface area contributed by atoms with Crippen LogP contribution in [0.15, 0.2) is 18.2 Å². The third kappa shape index (κ3) is 2.76. The number of hydrogen-bond acceptors (Lipinski definition) is 4. The van der Waals surface area contributed by atoms with Crippen LogP contribution < -0.4 is 0 Å². The fourth-order valence-electron chi connectivity index (χ4n) is 2.53. The monoisotopic (exact) mass is 306 g/mol. The number of benzene rings is 1. The quantitative estimate of drug-likeness (QED) is 0.918. The maximum Gasteiger partial charge on any atom is 0.305 e. The van der Waals surface area contributed by atoms with Crippen LogP contribution in [0.4, 0.5) is 0 Å². The van der Waals surface area contributed by atoms with E-state index in [0.29, 0.717) is 16.8 Å². The Balaban J connectivity index is 2.03. The standard InChI is InChI=1S/C14H15ClN4O2/c1-8-3-2-4-10(13(8)15)14-16-17-18-19(14)11(7-12(20)21)9-5-6-9/h2-4,9,11H,5-7H2,1H3,(H,20,21). The van der Waals surface area contributed by atoms with Gasteiger partial charge in [-0.3, -0.25) is 4.79 Å². The first kappa shape index (κ1) is 14.0. The van der Waals surface area contributed by atoms with Crippen molar-refractivity contribution in [3.63, 3.8) is 0 Å². The summed E-state index contributed by atoms with van der Waals surface area (Å²) in [5.74, 6) is 0.0115. The lowest BCUT2D eigenvalue weighted by atomic mass is 10.1. The second-order valence-corrected chi connectivity index (χ2v) is 5.76. The van der Waals surface area contributed by atoms with E-state index in [-0.39, 0.29) is 12.5 Å². The molecule has 1 aliphatic rings. The topological polar surface area (TPSA) is 80.9 Å². The molecule has 110 valence electrons. The van der Waals surface area contributed by atoms with E-state index in [9.17, 15) is 4.79 Å². The number of aliphatic carboxylic acids is 1. The second-order valence-electron chi connectivity index (χ2n) is 5.39. The van der Waals surface area contributed by atoms with Crippen molar-refractivity contribution in [3.8, 4) is 11.4 Å². The van der Waals surface area contributed by atoms with Gasteiger partial charge in [0.2, 0.25) is 0 Å². The minimum atomic E-state index is -0.844. The summed E-state index contributed by atoms with van der Waals surface area (Å²) in [6, 6.07) is 5.43. The van der Waals surface area contributed by atoms with Gasteiger partial charge in [-0.2, -0.15) is 0 Å². The summed E-state index contributed by atoms with van der Waals surface area (Å²) < 4.78 is 1.62. The van der Waals surface area contributed by atoms with Crippen LogP contribution in [0.25, 0.3) is 11.4 Å². The van der Waals surface area contributed by atoms with Gasteiger partial charge in [-0.05, 0) is 47.7 Å². The van der Waals surface area contributed by atoms with E-state index in [1.165, 1.54) is 0 Å². The maximum atomic E-state index is 11.1. The van der Waals surface area contributed by atoms with Crippen LogP contribution in [0, 0.1) is 12.8 Å². The lowest BCUT2D eigenvalue weighted by Gasteiger charge is -2.16. The van der Waals surface area contributed by atoms with Crippen molar-refractivity contribution in [2.75, 3.05) is 0 Å². The molecule has 1 aromatic carbocycles. The van der Waals surface area contributed by atoms with Gasteiger partial charge in [0.05, 0.1) is 17.5 Å². The van der Waals surface area contributed by atoms with Crippen molar-refractivity contribution in [3.05, 3.63) is 28.8 Å². The molecule has 1 atom stereocenters. The molecule has 1 saturated carbocycles. The van der Waals surface area contributed by atoms with Crippen molar-refractivity contribution in [2.24, 2.45) is 5.92 Å². The van der Waals surface area contributed by atoms with Crippen LogP contribution >= 0.6 is 11.6 Å². The molecule has 6 nitrogen and oxygen atoms in total. The Hall–Kier alpha value is -1.95. The fraction of sp³-hybridized carbons (Fsp3) is 0.429.